The Balaban J connectivity index is 2.20. The average Bonchev–Trinajstić information content (AvgIpc) is 2.69. The Morgan fingerprint density at radius 1 is 1.00 bits per heavy atom. The number of hydrogen-bond acceptors (Lipinski definition) is 6. The molecule has 1 atom stereocenters. The van der Waals surface area contributed by atoms with Gasteiger partial charge in [0.1, 0.15) is 11.6 Å². The summed E-state index contributed by atoms with van der Waals surface area (Å²) < 4.78 is 28.0. The summed E-state index contributed by atoms with van der Waals surface area (Å²) in [7, 11) is 2.38. The van der Waals surface area contributed by atoms with Gasteiger partial charge in [-0.3, -0.25) is 4.79 Å². The van der Waals surface area contributed by atoms with E-state index in [-0.39, 0.29) is 27.6 Å². The molecule has 28 heavy (non-hydrogen) atoms. The number of hydrogen-bond donors (Lipinski definition) is 1. The number of amides is 1. The molecule has 0 spiro atoms. The van der Waals surface area contributed by atoms with Gasteiger partial charge in [0.25, 0.3) is 5.91 Å². The molecule has 0 aromatic heterocycles. The fourth-order valence-electron chi connectivity index (χ4n) is 2.21. The van der Waals surface area contributed by atoms with E-state index in [0.29, 0.717) is 0 Å². The van der Waals surface area contributed by atoms with Crippen molar-refractivity contribution in [3.63, 3.8) is 0 Å². The van der Waals surface area contributed by atoms with Gasteiger partial charge in [-0.2, -0.15) is 0 Å². The van der Waals surface area contributed by atoms with Crippen molar-refractivity contribution in [1.29, 1.82) is 0 Å². The first-order valence-corrected chi connectivity index (χ1v) is 8.37. The summed E-state index contributed by atoms with van der Waals surface area (Å²) in [5, 5.41) is 2.39. The molecule has 0 bridgehead atoms. The van der Waals surface area contributed by atoms with Crippen LogP contribution in [0.15, 0.2) is 36.4 Å². The second kappa shape index (κ2) is 9.18. The van der Waals surface area contributed by atoms with Gasteiger partial charge in [0.05, 0.1) is 30.4 Å². The lowest BCUT2D eigenvalue weighted by molar-refractivity contribution is -0.122. The topological polar surface area (TPSA) is 90.9 Å². The van der Waals surface area contributed by atoms with Gasteiger partial charge >= 0.3 is 11.9 Å². The molecule has 0 radical (unpaired) electrons. The maximum absolute atomic E-state index is 13.2. The normalized spacial score (nSPS) is 11.3. The van der Waals surface area contributed by atoms with Crippen molar-refractivity contribution in [1.82, 2.24) is 0 Å². The van der Waals surface area contributed by atoms with Crippen LogP contribution in [0, 0.1) is 5.82 Å². The Labute approximate surface area is 165 Å². The van der Waals surface area contributed by atoms with E-state index in [1.54, 1.807) is 0 Å². The number of anilines is 1. The lowest BCUT2D eigenvalue weighted by Gasteiger charge is -2.16. The highest BCUT2D eigenvalue weighted by molar-refractivity contribution is 6.31. The van der Waals surface area contributed by atoms with E-state index in [9.17, 15) is 18.8 Å². The predicted molar refractivity (Wildman–Crippen MR) is 99.3 cm³/mol. The molecule has 0 unspecified atom stereocenters. The number of methoxy groups -OCH3 is 2. The Hall–Kier alpha value is -3.13. The van der Waals surface area contributed by atoms with Gasteiger partial charge in [0, 0.05) is 5.69 Å². The fourth-order valence-corrected chi connectivity index (χ4v) is 2.39. The van der Waals surface area contributed by atoms with E-state index < -0.39 is 29.8 Å². The van der Waals surface area contributed by atoms with Crippen LogP contribution in [0.5, 0.6) is 5.75 Å². The number of carbonyl (C=O) groups excluding carboxylic acids is 3. The standard InChI is InChI=1S/C19H17ClFNO6/c1-10(17(23)22-13-4-5-16(21)15(20)9-13)28-14-7-11(18(24)26-2)6-12(8-14)19(25)27-3/h4-10H,1-3H3,(H,22,23)/t10-/m0/s1. The molecule has 0 saturated carbocycles. The van der Waals surface area contributed by atoms with Crippen LogP contribution in [-0.2, 0) is 14.3 Å². The minimum atomic E-state index is -1.01. The first-order valence-electron chi connectivity index (χ1n) is 7.99. The smallest absolute Gasteiger partial charge is 0.338 e. The van der Waals surface area contributed by atoms with Crippen molar-refractivity contribution in [2.45, 2.75) is 13.0 Å². The number of esters is 2. The molecule has 1 amide bonds. The van der Waals surface area contributed by atoms with Crippen molar-refractivity contribution < 1.29 is 33.0 Å². The Morgan fingerprint density at radius 2 is 1.57 bits per heavy atom. The summed E-state index contributed by atoms with van der Waals surface area (Å²) in [5.74, 6) is -2.45. The zero-order chi connectivity index (χ0) is 20.8. The third-order valence-corrected chi connectivity index (χ3v) is 3.91. The van der Waals surface area contributed by atoms with E-state index in [1.165, 1.54) is 51.5 Å². The molecule has 148 valence electrons. The molecule has 0 aliphatic carbocycles. The molecule has 0 aliphatic heterocycles. The molecule has 2 rings (SSSR count). The highest BCUT2D eigenvalue weighted by Crippen LogP contribution is 2.22. The number of nitrogens with one attached hydrogen (secondary N) is 1. The number of benzene rings is 2. The van der Waals surface area contributed by atoms with Crippen molar-refractivity contribution in [3.8, 4) is 5.75 Å². The van der Waals surface area contributed by atoms with Gasteiger partial charge in [-0.05, 0) is 43.3 Å². The first-order chi connectivity index (χ1) is 13.2. The summed E-state index contributed by atoms with van der Waals surface area (Å²) in [5.41, 5.74) is 0.391. The minimum Gasteiger partial charge on any atom is -0.481 e. The Kier molecular flexibility index (Phi) is 6.94. The molecule has 2 aromatic carbocycles. The number of ether oxygens (including phenoxy) is 3. The van der Waals surface area contributed by atoms with Gasteiger partial charge in [0.15, 0.2) is 6.10 Å². The van der Waals surface area contributed by atoms with E-state index in [1.807, 2.05) is 0 Å². The average molecular weight is 410 g/mol. The van der Waals surface area contributed by atoms with Gasteiger partial charge in [-0.1, -0.05) is 11.6 Å². The summed E-state index contributed by atoms with van der Waals surface area (Å²) in [6.45, 7) is 1.46. The zero-order valence-corrected chi connectivity index (χ0v) is 16.0. The summed E-state index contributed by atoms with van der Waals surface area (Å²) in [6, 6.07) is 7.67. The third-order valence-electron chi connectivity index (χ3n) is 3.62. The third kappa shape index (κ3) is 5.20. The zero-order valence-electron chi connectivity index (χ0n) is 15.2. The number of rotatable bonds is 6. The van der Waals surface area contributed by atoms with E-state index in [4.69, 9.17) is 16.3 Å². The quantitative estimate of drug-likeness (QED) is 0.735. The fraction of sp³-hybridized carbons (Fsp3) is 0.211. The van der Waals surface area contributed by atoms with Crippen molar-refractivity contribution in [3.05, 3.63) is 58.4 Å². The van der Waals surface area contributed by atoms with Gasteiger partial charge < -0.3 is 19.5 Å². The van der Waals surface area contributed by atoms with Gasteiger partial charge in [-0.25, -0.2) is 14.0 Å². The molecule has 0 aliphatic rings. The van der Waals surface area contributed by atoms with Crippen LogP contribution in [0.4, 0.5) is 10.1 Å². The van der Waals surface area contributed by atoms with Crippen molar-refractivity contribution in [2.24, 2.45) is 0 Å². The maximum atomic E-state index is 13.2. The maximum Gasteiger partial charge on any atom is 0.338 e. The lowest BCUT2D eigenvalue weighted by Crippen LogP contribution is -2.30. The molecule has 1 N–H and O–H groups in total. The summed E-state index contributed by atoms with van der Waals surface area (Å²) >= 11 is 5.68. The largest absolute Gasteiger partial charge is 0.481 e. The highest BCUT2D eigenvalue weighted by Gasteiger charge is 2.19. The molecule has 0 fully saturated rings. The molecule has 0 heterocycles. The van der Waals surface area contributed by atoms with Crippen LogP contribution in [0.3, 0.4) is 0 Å². The van der Waals surface area contributed by atoms with Crippen molar-refractivity contribution in [2.75, 3.05) is 19.5 Å². The molecule has 2 aromatic rings. The van der Waals surface area contributed by atoms with E-state index >= 15 is 0 Å². The first kappa shape index (κ1) is 21.2. The number of halogens is 2. The molecular weight excluding hydrogens is 393 g/mol. The van der Waals surface area contributed by atoms with Crippen LogP contribution < -0.4 is 10.1 Å². The Morgan fingerprint density at radius 3 is 2.07 bits per heavy atom. The predicted octanol–water partition coefficient (Wildman–Crippen LogP) is 3.46. The molecule has 7 nitrogen and oxygen atoms in total. The Bertz CT molecular complexity index is 883. The monoisotopic (exact) mass is 409 g/mol. The van der Waals surface area contributed by atoms with Gasteiger partial charge in [-0.15, -0.1) is 0 Å². The van der Waals surface area contributed by atoms with Gasteiger partial charge in [0.2, 0.25) is 0 Å². The summed E-state index contributed by atoms with van der Waals surface area (Å²) in [6.07, 6.45) is -1.01. The van der Waals surface area contributed by atoms with Crippen LogP contribution in [0.2, 0.25) is 5.02 Å². The van der Waals surface area contributed by atoms with Crippen molar-refractivity contribution >= 4 is 35.1 Å². The van der Waals surface area contributed by atoms with E-state index in [0.717, 1.165) is 6.07 Å². The molecule has 0 saturated heterocycles. The van der Waals surface area contributed by atoms with E-state index in [2.05, 4.69) is 14.8 Å². The molecule has 9 heteroatoms. The van der Waals surface area contributed by atoms with Crippen LogP contribution in [0.1, 0.15) is 27.6 Å². The summed E-state index contributed by atoms with van der Waals surface area (Å²) in [4.78, 5) is 35.9. The minimum absolute atomic E-state index is 0.0540. The second-order valence-corrected chi connectivity index (χ2v) is 6.01. The molecular formula is C19H17ClFNO6. The highest BCUT2D eigenvalue weighted by atomic mass is 35.5. The van der Waals surface area contributed by atoms with Crippen LogP contribution >= 0.6 is 11.6 Å². The van der Waals surface area contributed by atoms with Crippen LogP contribution in [-0.4, -0.2) is 38.2 Å². The lowest BCUT2D eigenvalue weighted by atomic mass is 10.1. The SMILES string of the molecule is COC(=O)c1cc(O[C@@H](C)C(=O)Nc2ccc(F)c(Cl)c2)cc(C(=O)OC)c1. The number of carbonyl (C=O) groups is 3. The second-order valence-electron chi connectivity index (χ2n) is 5.61. The van der Waals surface area contributed by atoms with Crippen LogP contribution in [0.25, 0.3) is 0 Å².